The monoisotopic (exact) mass is 196 g/mol. The number of hydrogen-bond donors (Lipinski definition) is 2. The van der Waals surface area contributed by atoms with Crippen LogP contribution in [0.15, 0.2) is 0 Å². The molecule has 0 aromatic rings. The number of hydroxylamine groups is 1. The van der Waals surface area contributed by atoms with Crippen molar-refractivity contribution in [3.05, 3.63) is 0 Å². The fourth-order valence-corrected chi connectivity index (χ4v) is 2.50. The summed E-state index contributed by atoms with van der Waals surface area (Å²) in [4.78, 5) is 5.45. The van der Waals surface area contributed by atoms with Gasteiger partial charge in [0.1, 0.15) is 6.10 Å². The molecule has 1 aliphatic carbocycles. The van der Waals surface area contributed by atoms with Crippen molar-refractivity contribution in [1.82, 2.24) is 5.48 Å². The molecule has 14 heavy (non-hydrogen) atoms. The summed E-state index contributed by atoms with van der Waals surface area (Å²) >= 11 is 0. The summed E-state index contributed by atoms with van der Waals surface area (Å²) in [5.74, 6) is -0.0382. The lowest BCUT2D eigenvalue weighted by atomic mass is 9.76. The fourth-order valence-electron chi connectivity index (χ4n) is 2.50. The quantitative estimate of drug-likeness (QED) is 0.537. The van der Waals surface area contributed by atoms with Gasteiger partial charge in [0, 0.05) is 5.92 Å². The van der Waals surface area contributed by atoms with E-state index >= 15 is 0 Å². The molecule has 2 aliphatic heterocycles. The minimum atomic E-state index is -0.950. The highest BCUT2D eigenvalue weighted by atomic mass is 16.7. The van der Waals surface area contributed by atoms with E-state index in [-0.39, 0.29) is 18.1 Å². The lowest BCUT2D eigenvalue weighted by Crippen LogP contribution is -2.60. The predicted molar refractivity (Wildman–Crippen MR) is 44.8 cm³/mol. The van der Waals surface area contributed by atoms with Crippen LogP contribution in [0.1, 0.15) is 12.8 Å². The Kier molecular flexibility index (Phi) is 1.52. The zero-order chi connectivity index (χ0) is 9.81. The molecule has 2 saturated heterocycles. The molecule has 2 N–H and O–H groups in total. The maximum absolute atomic E-state index is 9.80. The summed E-state index contributed by atoms with van der Waals surface area (Å²) in [6.07, 6.45) is 1.10. The van der Waals surface area contributed by atoms with Crippen LogP contribution in [0, 0.1) is 17.2 Å². The molecule has 76 valence electrons. The van der Waals surface area contributed by atoms with Crippen molar-refractivity contribution in [2.45, 2.75) is 30.1 Å². The van der Waals surface area contributed by atoms with Gasteiger partial charge >= 0.3 is 0 Å². The SMILES string of the molecule is N#C[C@]12NOC3(CC3)C1COC[C@@H]2O. The predicted octanol–water partition coefficient (Wildman–Crippen LogP) is -0.677. The number of fused-ring (bicyclic) bond motifs is 2. The standard InChI is InChI=1S/C9H12N2O3/c10-5-9-6(3-13-4-7(9)12)8(1-2-8)14-11-9/h6-7,11-12H,1-4H2/t6?,7-,9-/m0/s1. The maximum Gasteiger partial charge on any atom is 0.165 e. The molecule has 1 spiro atoms. The van der Waals surface area contributed by atoms with Crippen molar-refractivity contribution in [2.24, 2.45) is 5.92 Å². The van der Waals surface area contributed by atoms with E-state index in [1.54, 1.807) is 0 Å². The highest BCUT2D eigenvalue weighted by Gasteiger charge is 2.68. The molecular weight excluding hydrogens is 184 g/mol. The van der Waals surface area contributed by atoms with Crippen molar-refractivity contribution in [1.29, 1.82) is 5.26 Å². The number of aliphatic hydroxyl groups is 1. The first kappa shape index (κ1) is 8.62. The van der Waals surface area contributed by atoms with Crippen LogP contribution in [0.3, 0.4) is 0 Å². The summed E-state index contributed by atoms with van der Waals surface area (Å²) in [6.45, 7) is 0.703. The molecule has 2 heterocycles. The van der Waals surface area contributed by atoms with Crippen molar-refractivity contribution in [3.63, 3.8) is 0 Å². The first-order chi connectivity index (χ1) is 6.73. The number of nitrogens with one attached hydrogen (secondary N) is 1. The van der Waals surface area contributed by atoms with Gasteiger partial charge in [-0.3, -0.25) is 4.84 Å². The van der Waals surface area contributed by atoms with E-state index in [4.69, 9.17) is 9.57 Å². The third-order valence-corrected chi connectivity index (χ3v) is 3.62. The summed E-state index contributed by atoms with van der Waals surface area (Å²) in [5, 5.41) is 19.0. The van der Waals surface area contributed by atoms with Crippen LogP contribution in [-0.4, -0.2) is 35.6 Å². The van der Waals surface area contributed by atoms with Crippen LogP contribution >= 0.6 is 0 Å². The molecule has 3 rings (SSSR count). The highest BCUT2D eigenvalue weighted by molar-refractivity contribution is 5.26. The van der Waals surface area contributed by atoms with E-state index in [1.165, 1.54) is 0 Å². The first-order valence-corrected chi connectivity index (χ1v) is 4.86. The Morgan fingerprint density at radius 2 is 2.21 bits per heavy atom. The number of aliphatic hydroxyl groups excluding tert-OH is 1. The number of nitrogens with zero attached hydrogens (tertiary/aromatic N) is 1. The van der Waals surface area contributed by atoms with E-state index in [2.05, 4.69) is 11.5 Å². The van der Waals surface area contributed by atoms with Gasteiger partial charge in [-0.25, -0.2) is 0 Å². The van der Waals surface area contributed by atoms with Crippen molar-refractivity contribution >= 4 is 0 Å². The largest absolute Gasteiger partial charge is 0.388 e. The normalized spacial score (nSPS) is 48.6. The van der Waals surface area contributed by atoms with E-state index in [0.29, 0.717) is 6.61 Å². The van der Waals surface area contributed by atoms with Gasteiger partial charge in [0.05, 0.1) is 24.9 Å². The van der Waals surface area contributed by atoms with Crippen LogP contribution < -0.4 is 5.48 Å². The number of ether oxygens (including phenoxy) is 1. The second kappa shape index (κ2) is 2.47. The van der Waals surface area contributed by atoms with Gasteiger partial charge in [0.2, 0.25) is 0 Å². The molecule has 0 aromatic heterocycles. The zero-order valence-corrected chi connectivity index (χ0v) is 7.69. The van der Waals surface area contributed by atoms with Crippen molar-refractivity contribution < 1.29 is 14.7 Å². The van der Waals surface area contributed by atoms with Crippen molar-refractivity contribution in [3.8, 4) is 6.07 Å². The minimum absolute atomic E-state index is 0.0382. The number of hydrogen-bond acceptors (Lipinski definition) is 5. The van der Waals surface area contributed by atoms with Gasteiger partial charge in [0.25, 0.3) is 0 Å². The molecule has 3 aliphatic rings. The molecule has 0 bridgehead atoms. The van der Waals surface area contributed by atoms with E-state index in [0.717, 1.165) is 12.8 Å². The lowest BCUT2D eigenvalue weighted by molar-refractivity contribution is -0.0759. The topological polar surface area (TPSA) is 74.5 Å². The maximum atomic E-state index is 9.80. The molecule has 5 nitrogen and oxygen atoms in total. The Labute approximate surface area is 81.6 Å². The second-order valence-corrected chi connectivity index (χ2v) is 4.36. The smallest absolute Gasteiger partial charge is 0.165 e. The van der Waals surface area contributed by atoms with E-state index < -0.39 is 11.6 Å². The van der Waals surface area contributed by atoms with Crippen LogP contribution in [-0.2, 0) is 9.57 Å². The summed E-state index contributed by atoms with van der Waals surface area (Å²) in [7, 11) is 0. The van der Waals surface area contributed by atoms with Gasteiger partial charge < -0.3 is 9.84 Å². The molecule has 3 fully saturated rings. The first-order valence-electron chi connectivity index (χ1n) is 4.86. The Morgan fingerprint density at radius 1 is 1.43 bits per heavy atom. The Hall–Kier alpha value is -0.670. The van der Waals surface area contributed by atoms with Crippen LogP contribution in [0.4, 0.5) is 0 Å². The van der Waals surface area contributed by atoms with Crippen LogP contribution in [0.25, 0.3) is 0 Å². The average Bonchev–Trinajstić information content (AvgIpc) is 2.89. The van der Waals surface area contributed by atoms with Gasteiger partial charge in [-0.2, -0.15) is 10.7 Å². The lowest BCUT2D eigenvalue weighted by Gasteiger charge is -2.36. The number of rotatable bonds is 0. The van der Waals surface area contributed by atoms with Crippen LogP contribution in [0.2, 0.25) is 0 Å². The molecular formula is C9H12N2O3. The summed E-state index contributed by atoms with van der Waals surface area (Å²) in [6, 6.07) is 2.16. The molecule has 3 atom stereocenters. The van der Waals surface area contributed by atoms with Gasteiger partial charge in [-0.1, -0.05) is 0 Å². The molecule has 0 amide bonds. The number of nitriles is 1. The highest BCUT2D eigenvalue weighted by Crippen LogP contribution is 2.55. The zero-order valence-electron chi connectivity index (χ0n) is 7.69. The van der Waals surface area contributed by atoms with Crippen molar-refractivity contribution in [2.75, 3.05) is 13.2 Å². The Balaban J connectivity index is 1.99. The molecule has 1 saturated carbocycles. The molecule has 0 aromatic carbocycles. The third-order valence-electron chi connectivity index (χ3n) is 3.62. The van der Waals surface area contributed by atoms with Gasteiger partial charge in [-0.15, -0.1) is 0 Å². The second-order valence-electron chi connectivity index (χ2n) is 4.36. The molecule has 5 heteroatoms. The minimum Gasteiger partial charge on any atom is -0.388 e. The van der Waals surface area contributed by atoms with E-state index in [9.17, 15) is 10.4 Å². The fraction of sp³-hybridized carbons (Fsp3) is 0.889. The Bertz CT molecular complexity index is 310. The Morgan fingerprint density at radius 3 is 2.86 bits per heavy atom. The summed E-state index contributed by atoms with van der Waals surface area (Å²) < 4.78 is 5.28. The van der Waals surface area contributed by atoms with E-state index in [1.807, 2.05) is 0 Å². The average molecular weight is 196 g/mol. The third kappa shape index (κ3) is 0.823. The van der Waals surface area contributed by atoms with Gasteiger partial charge in [-0.05, 0) is 12.8 Å². The molecule has 1 unspecified atom stereocenters. The van der Waals surface area contributed by atoms with Crippen LogP contribution in [0.5, 0.6) is 0 Å². The van der Waals surface area contributed by atoms with Gasteiger partial charge in [0.15, 0.2) is 5.54 Å². The summed E-state index contributed by atoms with van der Waals surface area (Å²) in [5.41, 5.74) is 1.54. The molecule has 0 radical (unpaired) electrons.